The van der Waals surface area contributed by atoms with Crippen molar-refractivity contribution in [2.75, 3.05) is 98.2 Å². The number of amides is 6. The van der Waals surface area contributed by atoms with Crippen molar-refractivity contribution < 1.29 is 83.4 Å². The Hall–Kier alpha value is -7.02. The van der Waals surface area contributed by atoms with Crippen molar-refractivity contribution in [3.8, 4) is 0 Å². The normalized spacial score (nSPS) is 14.5. The molecule has 0 bridgehead atoms. The SMILES string of the molecule is O=C(O)CC[C@@H](NC(=O)N[C@H](CCCCCN(Cc1ccc(I)cc1)C(=O)c1ccc(CNC(=O)CCCCNC(=O)CCCCCCNC(=O)CN2CCN(CC(=O)O)CCN(CC(=O)O)CCN(CC(=O)O)CC2)cc1)C(=O)O)C(=O)O. The highest BCUT2D eigenvalue weighted by molar-refractivity contribution is 14.1. The highest BCUT2D eigenvalue weighted by Gasteiger charge is 2.26. The Balaban J connectivity index is 1.33. The van der Waals surface area contributed by atoms with Gasteiger partial charge in [0.15, 0.2) is 0 Å². The molecule has 11 N–H and O–H groups in total. The molecule has 1 aliphatic rings. The molecule has 466 valence electrons. The maximum Gasteiger partial charge on any atom is 0.326 e. The number of carbonyl (C=O) groups is 11. The van der Waals surface area contributed by atoms with Gasteiger partial charge in [-0.2, -0.15) is 0 Å². The highest BCUT2D eigenvalue weighted by Crippen LogP contribution is 2.16. The third-order valence-corrected chi connectivity index (χ3v) is 14.4. The topological polar surface area (TPSA) is 386 Å². The van der Waals surface area contributed by atoms with E-state index in [2.05, 4.69) is 49.2 Å². The lowest BCUT2D eigenvalue weighted by Gasteiger charge is -2.32. The number of carboxylic acids is 6. The minimum atomic E-state index is -1.52. The average Bonchev–Trinajstić information content (AvgIpc) is 3.49. The van der Waals surface area contributed by atoms with Gasteiger partial charge in [-0.05, 0) is 103 Å². The Morgan fingerprint density at radius 2 is 0.881 bits per heavy atom. The van der Waals surface area contributed by atoms with Crippen LogP contribution in [0.4, 0.5) is 4.79 Å². The summed E-state index contributed by atoms with van der Waals surface area (Å²) in [5, 5.41) is 69.2. The van der Waals surface area contributed by atoms with E-state index in [9.17, 15) is 78.3 Å². The molecule has 0 aliphatic carbocycles. The fraction of sp³-hybridized carbons (Fsp3) is 0.589. The van der Waals surface area contributed by atoms with Crippen molar-refractivity contribution in [2.45, 2.75) is 115 Å². The van der Waals surface area contributed by atoms with Gasteiger partial charge in [-0.1, -0.05) is 49.9 Å². The van der Waals surface area contributed by atoms with Crippen LogP contribution in [0, 0.1) is 3.57 Å². The first-order chi connectivity index (χ1) is 40.1. The number of benzene rings is 2. The summed E-state index contributed by atoms with van der Waals surface area (Å²) in [4.78, 5) is 142. The Labute approximate surface area is 502 Å². The van der Waals surface area contributed by atoms with Gasteiger partial charge < -0.3 is 62.1 Å². The van der Waals surface area contributed by atoms with Gasteiger partial charge in [0.05, 0.1) is 26.2 Å². The lowest BCUT2D eigenvalue weighted by molar-refractivity contribution is -0.141. The van der Waals surface area contributed by atoms with Crippen LogP contribution in [-0.4, -0.2) is 231 Å². The van der Waals surface area contributed by atoms with Gasteiger partial charge >= 0.3 is 41.8 Å². The molecule has 2 aromatic rings. The molecule has 1 aliphatic heterocycles. The number of rotatable bonds is 38. The number of carbonyl (C=O) groups excluding carboxylic acids is 5. The van der Waals surface area contributed by atoms with Crippen molar-refractivity contribution in [3.63, 3.8) is 0 Å². The number of carboxylic acid groups (broad SMARTS) is 6. The molecule has 0 aromatic heterocycles. The van der Waals surface area contributed by atoms with E-state index in [1.165, 1.54) is 0 Å². The molecule has 0 saturated carbocycles. The maximum atomic E-state index is 13.9. The lowest BCUT2D eigenvalue weighted by Crippen LogP contribution is -2.51. The quantitative estimate of drug-likeness (QED) is 0.0338. The molecule has 28 heteroatoms. The minimum absolute atomic E-state index is 0.0201. The van der Waals surface area contributed by atoms with E-state index in [1.54, 1.807) is 43.9 Å². The van der Waals surface area contributed by atoms with Crippen LogP contribution in [0.2, 0.25) is 0 Å². The van der Waals surface area contributed by atoms with Gasteiger partial charge in [0.25, 0.3) is 5.91 Å². The van der Waals surface area contributed by atoms with E-state index in [0.29, 0.717) is 109 Å². The summed E-state index contributed by atoms with van der Waals surface area (Å²) < 4.78 is 1.03. The first-order valence-electron chi connectivity index (χ1n) is 28.3. The second kappa shape index (κ2) is 40.3. The summed E-state index contributed by atoms with van der Waals surface area (Å²) in [5.74, 6) is -7.84. The second-order valence-electron chi connectivity index (χ2n) is 20.6. The molecule has 0 spiro atoms. The number of urea groups is 1. The van der Waals surface area contributed by atoms with E-state index in [1.807, 2.05) is 29.2 Å². The fourth-order valence-electron chi connectivity index (χ4n) is 9.03. The summed E-state index contributed by atoms with van der Waals surface area (Å²) >= 11 is 2.19. The predicted octanol–water partition coefficient (Wildman–Crippen LogP) is 2.01. The smallest absolute Gasteiger partial charge is 0.326 e. The fourth-order valence-corrected chi connectivity index (χ4v) is 9.39. The number of hydrogen-bond donors (Lipinski definition) is 11. The number of nitrogens with zero attached hydrogens (tertiary/aromatic N) is 5. The zero-order chi connectivity index (χ0) is 61.8. The standard InChI is InChI=1S/C56H83IN10O17/c57-43-19-15-41(16-20-43)35-67(25-9-3-4-10-44(54(80)81)61-56(84)62-45(55(82)83)21-22-49(71)72)53(79)42-17-13-40(14-18-42)34-60-47(69)12-6-8-24-58-46(68)11-5-1-2-7-23-59-48(70)36-63-26-28-64(37-50(73)74)30-32-66(39-52(77)78)33-31-65(29-27-63)38-51(75)76/h13-20,44-45H,1-12,21-39H2,(H,58,68)(H,59,70)(H,60,69)(H,71,72)(H,73,74)(H,75,76)(H,77,78)(H,80,81)(H,82,83)(H2,61,62,84)/t44-,45-/m1/s1. The van der Waals surface area contributed by atoms with Crippen LogP contribution in [0.5, 0.6) is 0 Å². The third kappa shape index (κ3) is 32.1. The molecule has 3 rings (SSSR count). The molecule has 2 atom stereocenters. The highest BCUT2D eigenvalue weighted by atomic mass is 127. The van der Waals surface area contributed by atoms with Crippen LogP contribution in [0.3, 0.4) is 0 Å². The molecule has 2 aromatic carbocycles. The molecule has 84 heavy (non-hydrogen) atoms. The molecule has 0 radical (unpaired) electrons. The number of unbranched alkanes of at least 4 members (excludes halogenated alkanes) is 6. The monoisotopic (exact) mass is 1290 g/mol. The average molecular weight is 1300 g/mol. The van der Waals surface area contributed by atoms with Gasteiger partial charge in [-0.15, -0.1) is 0 Å². The van der Waals surface area contributed by atoms with Crippen LogP contribution < -0.4 is 26.6 Å². The summed E-state index contributed by atoms with van der Waals surface area (Å²) in [6.45, 7) is 3.42. The van der Waals surface area contributed by atoms with Crippen LogP contribution in [-0.2, 0) is 56.2 Å². The first kappa shape index (κ1) is 71.2. The zero-order valence-electron chi connectivity index (χ0n) is 47.5. The van der Waals surface area contributed by atoms with E-state index >= 15 is 0 Å². The van der Waals surface area contributed by atoms with Crippen LogP contribution in [0.1, 0.15) is 111 Å². The van der Waals surface area contributed by atoms with Gasteiger partial charge in [0.2, 0.25) is 17.7 Å². The molecular weight excluding hydrogens is 1210 g/mol. The molecule has 0 unspecified atom stereocenters. The molecular formula is C56H83IN10O17. The van der Waals surface area contributed by atoms with Crippen molar-refractivity contribution in [1.29, 1.82) is 0 Å². The van der Waals surface area contributed by atoms with Crippen LogP contribution in [0.25, 0.3) is 0 Å². The molecule has 1 fully saturated rings. The first-order valence-corrected chi connectivity index (χ1v) is 29.4. The second-order valence-corrected chi connectivity index (χ2v) is 21.9. The Kier molecular flexibility index (Phi) is 34.2. The predicted molar refractivity (Wildman–Crippen MR) is 314 cm³/mol. The molecule has 27 nitrogen and oxygen atoms in total. The zero-order valence-corrected chi connectivity index (χ0v) is 49.6. The van der Waals surface area contributed by atoms with E-state index in [0.717, 1.165) is 27.5 Å². The van der Waals surface area contributed by atoms with E-state index in [4.69, 9.17) is 5.11 Å². The third-order valence-electron chi connectivity index (χ3n) is 13.7. The number of nitrogens with one attached hydrogen (secondary N) is 5. The van der Waals surface area contributed by atoms with Gasteiger partial charge in [-0.25, -0.2) is 14.4 Å². The number of halogens is 1. The van der Waals surface area contributed by atoms with Crippen LogP contribution >= 0.6 is 22.6 Å². The summed E-state index contributed by atoms with van der Waals surface area (Å²) in [6.07, 6.45) is 5.16. The summed E-state index contributed by atoms with van der Waals surface area (Å²) in [6, 6.07) is 10.7. The van der Waals surface area contributed by atoms with Gasteiger partial charge in [0.1, 0.15) is 12.1 Å². The maximum absolute atomic E-state index is 13.9. The summed E-state index contributed by atoms with van der Waals surface area (Å²) in [7, 11) is 0. The lowest BCUT2D eigenvalue weighted by atomic mass is 10.1. The van der Waals surface area contributed by atoms with Gasteiger partial charge in [0, 0.05) is 113 Å². The van der Waals surface area contributed by atoms with E-state index < -0.39 is 60.4 Å². The number of aliphatic carboxylic acids is 6. The van der Waals surface area contributed by atoms with Crippen molar-refractivity contribution in [2.24, 2.45) is 0 Å². The summed E-state index contributed by atoms with van der Waals surface area (Å²) in [5.41, 5.74) is 2.12. The Morgan fingerprint density at radius 1 is 0.452 bits per heavy atom. The van der Waals surface area contributed by atoms with Gasteiger partial charge in [-0.3, -0.25) is 58.0 Å². The van der Waals surface area contributed by atoms with Crippen molar-refractivity contribution >= 4 is 88.1 Å². The Morgan fingerprint density at radius 3 is 1.38 bits per heavy atom. The largest absolute Gasteiger partial charge is 0.481 e. The number of hydrogen-bond acceptors (Lipinski definition) is 15. The van der Waals surface area contributed by atoms with Crippen molar-refractivity contribution in [1.82, 2.24) is 51.1 Å². The molecule has 6 amide bonds. The minimum Gasteiger partial charge on any atom is -0.481 e. The Bertz CT molecular complexity index is 2420. The van der Waals surface area contributed by atoms with E-state index in [-0.39, 0.29) is 102 Å². The van der Waals surface area contributed by atoms with Crippen molar-refractivity contribution in [3.05, 3.63) is 68.8 Å². The molecule has 1 heterocycles. The van der Waals surface area contributed by atoms with Crippen LogP contribution in [0.15, 0.2) is 48.5 Å². The molecule has 1 saturated heterocycles.